The molecule has 0 aromatic heterocycles. The second-order valence-corrected chi connectivity index (χ2v) is 4.39. The van der Waals surface area contributed by atoms with E-state index in [2.05, 4.69) is 6.92 Å². The van der Waals surface area contributed by atoms with Gasteiger partial charge in [0.15, 0.2) is 0 Å². The number of hydrogen-bond donors (Lipinski definition) is 0. The highest BCUT2D eigenvalue weighted by molar-refractivity contribution is 8.15. The standard InChI is InChI=1S/C11H10OS/c1-8-10(7-11(12)13-8)9-5-3-2-4-6-9/h2-8H,1H3. The van der Waals surface area contributed by atoms with Gasteiger partial charge in [0, 0.05) is 5.25 Å². The minimum Gasteiger partial charge on any atom is -0.282 e. The van der Waals surface area contributed by atoms with Crippen LogP contribution in [0.1, 0.15) is 12.5 Å². The Labute approximate surface area is 81.8 Å². The van der Waals surface area contributed by atoms with Crippen molar-refractivity contribution < 1.29 is 4.79 Å². The average Bonchev–Trinajstić information content (AvgIpc) is 2.47. The minimum atomic E-state index is 0.173. The maximum atomic E-state index is 11.1. The molecule has 1 unspecified atom stereocenters. The third-order valence-corrected chi connectivity index (χ3v) is 3.07. The molecule has 2 heteroatoms. The van der Waals surface area contributed by atoms with E-state index in [0.29, 0.717) is 5.25 Å². The van der Waals surface area contributed by atoms with Gasteiger partial charge in [0.05, 0.1) is 0 Å². The fraction of sp³-hybridized carbons (Fsp3) is 0.182. The van der Waals surface area contributed by atoms with Gasteiger partial charge < -0.3 is 0 Å². The lowest BCUT2D eigenvalue weighted by Crippen LogP contribution is -1.94. The number of rotatable bonds is 1. The first kappa shape index (κ1) is 8.57. The lowest BCUT2D eigenvalue weighted by molar-refractivity contribution is -0.106. The molecule has 1 aliphatic heterocycles. The lowest BCUT2D eigenvalue weighted by atomic mass is 10.0. The predicted octanol–water partition coefficient (Wildman–Crippen LogP) is 2.73. The van der Waals surface area contributed by atoms with Crippen molar-refractivity contribution in [2.24, 2.45) is 0 Å². The molecule has 0 saturated carbocycles. The first-order valence-electron chi connectivity index (χ1n) is 4.25. The van der Waals surface area contributed by atoms with Crippen molar-refractivity contribution in [3.05, 3.63) is 42.0 Å². The van der Waals surface area contributed by atoms with Gasteiger partial charge >= 0.3 is 0 Å². The Morgan fingerprint density at radius 3 is 2.46 bits per heavy atom. The maximum Gasteiger partial charge on any atom is 0.213 e. The van der Waals surface area contributed by atoms with Gasteiger partial charge in [-0.25, -0.2) is 0 Å². The summed E-state index contributed by atoms with van der Waals surface area (Å²) < 4.78 is 0. The number of thioether (sulfide) groups is 1. The van der Waals surface area contributed by atoms with Gasteiger partial charge in [0.25, 0.3) is 0 Å². The van der Waals surface area contributed by atoms with Gasteiger partial charge in [-0.05, 0) is 24.1 Å². The molecular formula is C11H10OS. The van der Waals surface area contributed by atoms with E-state index in [9.17, 15) is 4.79 Å². The van der Waals surface area contributed by atoms with Gasteiger partial charge in [-0.1, -0.05) is 42.1 Å². The Kier molecular flexibility index (Phi) is 2.23. The quantitative estimate of drug-likeness (QED) is 0.677. The van der Waals surface area contributed by atoms with Crippen LogP contribution in [0.5, 0.6) is 0 Å². The molecule has 0 saturated heterocycles. The van der Waals surface area contributed by atoms with Crippen molar-refractivity contribution in [2.45, 2.75) is 12.2 Å². The van der Waals surface area contributed by atoms with Crippen molar-refractivity contribution in [2.75, 3.05) is 0 Å². The smallest absolute Gasteiger partial charge is 0.213 e. The highest BCUT2D eigenvalue weighted by Gasteiger charge is 2.21. The Morgan fingerprint density at radius 2 is 1.92 bits per heavy atom. The Hall–Kier alpha value is -1.02. The van der Waals surface area contributed by atoms with E-state index in [4.69, 9.17) is 0 Å². The van der Waals surface area contributed by atoms with Crippen LogP contribution in [0.3, 0.4) is 0 Å². The van der Waals surface area contributed by atoms with Crippen LogP contribution in [0.4, 0.5) is 0 Å². The average molecular weight is 190 g/mol. The van der Waals surface area contributed by atoms with E-state index in [-0.39, 0.29) is 5.12 Å². The van der Waals surface area contributed by atoms with Crippen LogP contribution in [0, 0.1) is 0 Å². The molecule has 1 aromatic carbocycles. The van der Waals surface area contributed by atoms with Crippen molar-refractivity contribution in [3.63, 3.8) is 0 Å². The van der Waals surface area contributed by atoms with Gasteiger partial charge in [-0.2, -0.15) is 0 Å². The number of benzene rings is 1. The molecule has 0 fully saturated rings. The lowest BCUT2D eigenvalue weighted by Gasteiger charge is -2.06. The molecule has 0 amide bonds. The topological polar surface area (TPSA) is 17.1 Å². The first-order valence-corrected chi connectivity index (χ1v) is 5.13. The fourth-order valence-corrected chi connectivity index (χ4v) is 2.34. The third-order valence-electron chi connectivity index (χ3n) is 2.11. The highest BCUT2D eigenvalue weighted by Crippen LogP contribution is 2.34. The molecule has 1 nitrogen and oxygen atoms in total. The normalized spacial score (nSPS) is 21.8. The molecule has 0 N–H and O–H groups in total. The van der Waals surface area contributed by atoms with Crippen LogP contribution in [-0.2, 0) is 4.79 Å². The van der Waals surface area contributed by atoms with Crippen molar-refractivity contribution >= 4 is 22.5 Å². The Bertz CT molecular complexity index is 354. The summed E-state index contributed by atoms with van der Waals surface area (Å²) >= 11 is 1.39. The summed E-state index contributed by atoms with van der Waals surface area (Å²) in [7, 11) is 0. The molecule has 1 aliphatic rings. The van der Waals surface area contributed by atoms with Gasteiger partial charge in [-0.15, -0.1) is 0 Å². The van der Waals surface area contributed by atoms with E-state index in [1.165, 1.54) is 11.8 Å². The molecule has 1 atom stereocenters. The van der Waals surface area contributed by atoms with Crippen LogP contribution in [0.15, 0.2) is 36.4 Å². The summed E-state index contributed by atoms with van der Waals surface area (Å²) in [6.45, 7) is 2.06. The molecule has 2 rings (SSSR count). The fourth-order valence-electron chi connectivity index (χ4n) is 1.46. The molecule has 1 aromatic rings. The SMILES string of the molecule is CC1SC(=O)C=C1c1ccccc1. The van der Waals surface area contributed by atoms with Gasteiger partial charge in [0.2, 0.25) is 5.12 Å². The molecule has 13 heavy (non-hydrogen) atoms. The van der Waals surface area contributed by atoms with Gasteiger partial charge in [-0.3, -0.25) is 4.79 Å². The van der Waals surface area contributed by atoms with Crippen LogP contribution >= 0.6 is 11.8 Å². The van der Waals surface area contributed by atoms with E-state index in [0.717, 1.165) is 11.1 Å². The van der Waals surface area contributed by atoms with Crippen molar-refractivity contribution in [3.8, 4) is 0 Å². The molecular weight excluding hydrogens is 180 g/mol. The van der Waals surface area contributed by atoms with Crippen LogP contribution < -0.4 is 0 Å². The molecule has 0 radical (unpaired) electrons. The minimum absolute atomic E-state index is 0.173. The predicted molar refractivity (Wildman–Crippen MR) is 56.5 cm³/mol. The van der Waals surface area contributed by atoms with E-state index in [1.807, 2.05) is 30.3 Å². The Morgan fingerprint density at radius 1 is 1.23 bits per heavy atom. The van der Waals surface area contributed by atoms with Crippen LogP contribution in [0.2, 0.25) is 0 Å². The van der Waals surface area contributed by atoms with E-state index >= 15 is 0 Å². The van der Waals surface area contributed by atoms with Gasteiger partial charge in [0.1, 0.15) is 0 Å². The summed E-state index contributed by atoms with van der Waals surface area (Å²) in [6.07, 6.45) is 1.74. The molecule has 0 bridgehead atoms. The maximum absolute atomic E-state index is 11.1. The summed E-state index contributed by atoms with van der Waals surface area (Å²) in [5.74, 6) is 0. The summed E-state index contributed by atoms with van der Waals surface area (Å²) in [6, 6.07) is 10.1. The molecule has 1 heterocycles. The number of carbonyl (C=O) groups excluding carboxylic acids is 1. The molecule has 0 aliphatic carbocycles. The number of carbonyl (C=O) groups is 1. The first-order chi connectivity index (χ1) is 6.27. The van der Waals surface area contributed by atoms with Crippen LogP contribution in [-0.4, -0.2) is 10.4 Å². The Balaban J connectivity index is 2.37. The molecule has 66 valence electrons. The summed E-state index contributed by atoms with van der Waals surface area (Å²) in [5, 5.41) is 0.473. The molecule has 0 spiro atoms. The zero-order chi connectivity index (χ0) is 9.26. The summed E-state index contributed by atoms with van der Waals surface area (Å²) in [4.78, 5) is 11.1. The zero-order valence-corrected chi connectivity index (χ0v) is 8.17. The monoisotopic (exact) mass is 190 g/mol. The number of hydrogen-bond acceptors (Lipinski definition) is 2. The second kappa shape index (κ2) is 3.38. The second-order valence-electron chi connectivity index (χ2n) is 3.04. The van der Waals surface area contributed by atoms with E-state index < -0.39 is 0 Å². The summed E-state index contributed by atoms with van der Waals surface area (Å²) in [5.41, 5.74) is 2.31. The highest BCUT2D eigenvalue weighted by atomic mass is 32.2. The largest absolute Gasteiger partial charge is 0.282 e. The van der Waals surface area contributed by atoms with E-state index in [1.54, 1.807) is 6.08 Å². The zero-order valence-electron chi connectivity index (χ0n) is 7.36. The van der Waals surface area contributed by atoms with Crippen LogP contribution in [0.25, 0.3) is 5.57 Å². The van der Waals surface area contributed by atoms with Crippen molar-refractivity contribution in [1.29, 1.82) is 0 Å². The third kappa shape index (κ3) is 1.68. The van der Waals surface area contributed by atoms with Crippen molar-refractivity contribution in [1.82, 2.24) is 0 Å².